The number of aliphatic hydroxyl groups is 2. The van der Waals surface area contributed by atoms with E-state index in [0.29, 0.717) is 0 Å². The standard InChI is InChI=1S/C14H25NO6/c1-13(2,3)21-12(18)15-6-9-11(10(15)8(17)7-16)20-14(4,5)19-9/h8-11,16-17H,6-7H2,1-5H3/t8-,9-,10+,11-/m1/s1. The maximum Gasteiger partial charge on any atom is 0.410 e. The SMILES string of the molecule is CC(C)(C)OC(=O)N1C[C@H]2OC(C)(C)O[C@H]2[C@@H]1[C@H](O)CO. The summed E-state index contributed by atoms with van der Waals surface area (Å²) in [5, 5.41) is 19.3. The Balaban J connectivity index is 2.17. The van der Waals surface area contributed by atoms with Crippen molar-refractivity contribution in [1.82, 2.24) is 4.90 Å². The fourth-order valence-corrected chi connectivity index (χ4v) is 2.84. The second kappa shape index (κ2) is 5.39. The van der Waals surface area contributed by atoms with Gasteiger partial charge in [0, 0.05) is 0 Å². The molecule has 2 saturated heterocycles. The lowest BCUT2D eigenvalue weighted by Gasteiger charge is -2.33. The number of rotatable bonds is 2. The van der Waals surface area contributed by atoms with Gasteiger partial charge in [0.25, 0.3) is 0 Å². The third kappa shape index (κ3) is 3.48. The summed E-state index contributed by atoms with van der Waals surface area (Å²) in [6, 6.07) is -0.684. The number of likely N-dealkylation sites (tertiary alicyclic amines) is 1. The Hall–Kier alpha value is -0.890. The van der Waals surface area contributed by atoms with E-state index in [-0.39, 0.29) is 12.6 Å². The van der Waals surface area contributed by atoms with Crippen LogP contribution in [0.3, 0.4) is 0 Å². The predicted octanol–water partition coefficient (Wildman–Crippen LogP) is 0.479. The Morgan fingerprint density at radius 2 is 2.05 bits per heavy atom. The molecule has 0 aromatic carbocycles. The van der Waals surface area contributed by atoms with E-state index in [0.717, 1.165) is 0 Å². The van der Waals surface area contributed by atoms with Gasteiger partial charge in [-0.25, -0.2) is 4.79 Å². The molecule has 4 atom stereocenters. The van der Waals surface area contributed by atoms with E-state index in [4.69, 9.17) is 14.2 Å². The molecule has 2 rings (SSSR count). The first-order valence-electron chi connectivity index (χ1n) is 7.18. The molecule has 2 heterocycles. The van der Waals surface area contributed by atoms with Gasteiger partial charge in [-0.2, -0.15) is 0 Å². The summed E-state index contributed by atoms with van der Waals surface area (Å²) in [4.78, 5) is 13.7. The first-order chi connectivity index (χ1) is 9.54. The van der Waals surface area contributed by atoms with Crippen molar-refractivity contribution in [3.05, 3.63) is 0 Å². The Bertz CT molecular complexity index is 405. The Labute approximate surface area is 124 Å². The van der Waals surface area contributed by atoms with E-state index in [1.807, 2.05) is 0 Å². The van der Waals surface area contributed by atoms with Crippen LogP contribution < -0.4 is 0 Å². The van der Waals surface area contributed by atoms with Crippen molar-refractivity contribution < 1.29 is 29.2 Å². The normalized spacial score (nSPS) is 32.9. The summed E-state index contributed by atoms with van der Waals surface area (Å²) in [6.45, 7) is 8.69. The molecule has 7 heteroatoms. The van der Waals surface area contributed by atoms with Crippen LogP contribution in [-0.4, -0.2) is 70.1 Å². The number of carbonyl (C=O) groups is 1. The maximum absolute atomic E-state index is 12.3. The van der Waals surface area contributed by atoms with Gasteiger partial charge >= 0.3 is 6.09 Å². The van der Waals surface area contributed by atoms with E-state index in [9.17, 15) is 15.0 Å². The minimum atomic E-state index is -1.11. The Kier molecular flexibility index (Phi) is 4.23. The lowest BCUT2D eigenvalue weighted by atomic mass is 10.1. The van der Waals surface area contributed by atoms with Crippen molar-refractivity contribution >= 4 is 6.09 Å². The van der Waals surface area contributed by atoms with Crippen LogP contribution in [-0.2, 0) is 14.2 Å². The van der Waals surface area contributed by atoms with E-state index in [2.05, 4.69) is 0 Å². The molecule has 2 aliphatic heterocycles. The molecule has 2 aliphatic rings. The van der Waals surface area contributed by atoms with Gasteiger partial charge in [-0.3, -0.25) is 4.90 Å². The molecule has 0 unspecified atom stereocenters. The highest BCUT2D eigenvalue weighted by Crippen LogP contribution is 2.38. The van der Waals surface area contributed by atoms with Crippen molar-refractivity contribution in [2.75, 3.05) is 13.2 Å². The lowest BCUT2D eigenvalue weighted by Crippen LogP contribution is -2.51. The molecule has 0 aromatic heterocycles. The molecule has 0 spiro atoms. The molecule has 2 fully saturated rings. The van der Waals surface area contributed by atoms with Crippen molar-refractivity contribution in [2.45, 2.75) is 70.4 Å². The molecule has 0 saturated carbocycles. The fourth-order valence-electron chi connectivity index (χ4n) is 2.84. The van der Waals surface area contributed by atoms with E-state index in [1.54, 1.807) is 34.6 Å². The average Bonchev–Trinajstić information content (AvgIpc) is 2.77. The lowest BCUT2D eigenvalue weighted by molar-refractivity contribution is -0.167. The third-order valence-electron chi connectivity index (χ3n) is 3.50. The monoisotopic (exact) mass is 303 g/mol. The summed E-state index contributed by atoms with van der Waals surface area (Å²) in [7, 11) is 0. The molecule has 122 valence electrons. The zero-order chi connectivity index (χ0) is 16.0. The largest absolute Gasteiger partial charge is 0.444 e. The fraction of sp³-hybridized carbons (Fsp3) is 0.929. The average molecular weight is 303 g/mol. The van der Waals surface area contributed by atoms with Crippen LogP contribution in [0.1, 0.15) is 34.6 Å². The zero-order valence-electron chi connectivity index (χ0n) is 13.2. The van der Waals surface area contributed by atoms with E-state index in [1.165, 1.54) is 4.90 Å². The highest BCUT2D eigenvalue weighted by molar-refractivity contribution is 5.69. The molecule has 2 N–H and O–H groups in total. The van der Waals surface area contributed by atoms with Crippen molar-refractivity contribution in [3.63, 3.8) is 0 Å². The van der Waals surface area contributed by atoms with Gasteiger partial charge in [-0.1, -0.05) is 0 Å². The highest BCUT2D eigenvalue weighted by Gasteiger charge is 2.56. The first-order valence-corrected chi connectivity index (χ1v) is 7.18. The minimum Gasteiger partial charge on any atom is -0.444 e. The predicted molar refractivity (Wildman–Crippen MR) is 73.6 cm³/mol. The third-order valence-corrected chi connectivity index (χ3v) is 3.50. The number of ether oxygens (including phenoxy) is 3. The van der Waals surface area contributed by atoms with Gasteiger partial charge in [0.05, 0.1) is 19.2 Å². The van der Waals surface area contributed by atoms with Crippen LogP contribution in [0.5, 0.6) is 0 Å². The number of hydrogen-bond acceptors (Lipinski definition) is 6. The number of fused-ring (bicyclic) bond motifs is 1. The topological polar surface area (TPSA) is 88.5 Å². The molecular formula is C14H25NO6. The smallest absolute Gasteiger partial charge is 0.410 e. The second-order valence-electron chi connectivity index (χ2n) is 7.01. The van der Waals surface area contributed by atoms with Gasteiger partial charge in [0.1, 0.15) is 23.9 Å². The summed E-state index contributed by atoms with van der Waals surface area (Å²) in [5.41, 5.74) is -0.634. The summed E-state index contributed by atoms with van der Waals surface area (Å²) >= 11 is 0. The summed E-state index contributed by atoms with van der Waals surface area (Å²) < 4.78 is 16.9. The van der Waals surface area contributed by atoms with Crippen LogP contribution in [0.25, 0.3) is 0 Å². The van der Waals surface area contributed by atoms with Gasteiger partial charge in [-0.15, -0.1) is 0 Å². The first kappa shape index (κ1) is 16.5. The van der Waals surface area contributed by atoms with Crippen molar-refractivity contribution in [3.8, 4) is 0 Å². The van der Waals surface area contributed by atoms with Crippen molar-refractivity contribution in [2.24, 2.45) is 0 Å². The number of nitrogens with zero attached hydrogens (tertiary/aromatic N) is 1. The van der Waals surface area contributed by atoms with E-state index >= 15 is 0 Å². The Morgan fingerprint density at radius 3 is 2.57 bits per heavy atom. The molecule has 0 aromatic rings. The molecule has 0 bridgehead atoms. The van der Waals surface area contributed by atoms with Gasteiger partial charge in [0.15, 0.2) is 5.79 Å². The second-order valence-corrected chi connectivity index (χ2v) is 7.01. The summed E-state index contributed by atoms with van der Waals surface area (Å²) in [6.07, 6.45) is -2.46. The van der Waals surface area contributed by atoms with Crippen LogP contribution >= 0.6 is 0 Å². The zero-order valence-corrected chi connectivity index (χ0v) is 13.2. The molecule has 0 radical (unpaired) electrons. The van der Waals surface area contributed by atoms with Crippen molar-refractivity contribution in [1.29, 1.82) is 0 Å². The number of hydrogen-bond donors (Lipinski definition) is 2. The maximum atomic E-state index is 12.3. The molecule has 0 aliphatic carbocycles. The summed E-state index contributed by atoms with van der Waals surface area (Å²) in [5.74, 6) is -0.761. The number of amides is 1. The van der Waals surface area contributed by atoms with Crippen LogP contribution in [0.2, 0.25) is 0 Å². The molecular weight excluding hydrogens is 278 g/mol. The molecule has 7 nitrogen and oxygen atoms in total. The van der Waals surface area contributed by atoms with Gasteiger partial charge in [-0.05, 0) is 34.6 Å². The molecule has 1 amide bonds. The van der Waals surface area contributed by atoms with Crippen LogP contribution in [0, 0.1) is 0 Å². The minimum absolute atomic E-state index is 0.269. The van der Waals surface area contributed by atoms with Crippen LogP contribution in [0.4, 0.5) is 4.79 Å². The van der Waals surface area contributed by atoms with Gasteiger partial charge < -0.3 is 24.4 Å². The highest BCUT2D eigenvalue weighted by atomic mass is 16.8. The number of aliphatic hydroxyl groups excluding tert-OH is 2. The molecule has 21 heavy (non-hydrogen) atoms. The quantitative estimate of drug-likeness (QED) is 0.771. The van der Waals surface area contributed by atoms with Crippen LogP contribution in [0.15, 0.2) is 0 Å². The number of carbonyl (C=O) groups excluding carboxylic acids is 1. The Morgan fingerprint density at radius 1 is 1.43 bits per heavy atom. The van der Waals surface area contributed by atoms with E-state index < -0.39 is 42.3 Å². The van der Waals surface area contributed by atoms with Gasteiger partial charge in [0.2, 0.25) is 0 Å².